The smallest absolute Gasteiger partial charge is 0.161 e. The quantitative estimate of drug-likeness (QED) is 0.179. The monoisotopic (exact) mass is 692 g/mol. The van der Waals surface area contributed by atoms with Gasteiger partial charge < -0.3 is 8.83 Å². The molecule has 0 unspecified atom stereocenters. The minimum Gasteiger partial charge on any atom is -0.453 e. The highest BCUT2D eigenvalue weighted by molar-refractivity contribution is 6.13. The van der Waals surface area contributed by atoms with Crippen LogP contribution in [0.2, 0.25) is 0 Å². The lowest BCUT2D eigenvalue weighted by Crippen LogP contribution is -1.93. The van der Waals surface area contributed by atoms with Crippen molar-refractivity contribution >= 4 is 55.0 Å². The molecule has 54 heavy (non-hydrogen) atoms. The number of pyridine rings is 2. The van der Waals surface area contributed by atoms with Crippen molar-refractivity contribution in [2.75, 3.05) is 0 Å². The van der Waals surface area contributed by atoms with E-state index in [4.69, 9.17) is 28.8 Å². The van der Waals surface area contributed by atoms with Crippen LogP contribution in [0, 0.1) is 0 Å². The molecule has 11 rings (SSSR count). The number of fused-ring (bicyclic) bond motifs is 7. The Hall–Kier alpha value is -7.44. The summed E-state index contributed by atoms with van der Waals surface area (Å²) < 4.78 is 13.6. The predicted molar refractivity (Wildman–Crippen MR) is 217 cm³/mol. The summed E-state index contributed by atoms with van der Waals surface area (Å²) in [5.74, 6) is 0.624. The average molecular weight is 693 g/mol. The first-order valence-corrected chi connectivity index (χ1v) is 17.9. The van der Waals surface area contributed by atoms with Gasteiger partial charge in [-0.25, -0.2) is 9.97 Å². The van der Waals surface area contributed by atoms with Gasteiger partial charge in [-0.2, -0.15) is 0 Å². The van der Waals surface area contributed by atoms with Crippen LogP contribution in [0.25, 0.3) is 111 Å². The molecule has 0 saturated carbocycles. The van der Waals surface area contributed by atoms with Crippen LogP contribution in [0.3, 0.4) is 0 Å². The van der Waals surface area contributed by atoms with Gasteiger partial charge in [0, 0.05) is 62.6 Å². The Morgan fingerprint density at radius 2 is 0.870 bits per heavy atom. The molecule has 5 heterocycles. The van der Waals surface area contributed by atoms with Crippen LogP contribution in [0.4, 0.5) is 0 Å². The summed E-state index contributed by atoms with van der Waals surface area (Å²) in [4.78, 5) is 19.6. The Bertz CT molecular complexity index is 3050. The lowest BCUT2D eigenvalue weighted by Gasteiger charge is -2.11. The topological polar surface area (TPSA) is 77.8 Å². The first-order chi connectivity index (χ1) is 26.8. The number of benzene rings is 6. The zero-order valence-corrected chi connectivity index (χ0v) is 28.8. The van der Waals surface area contributed by atoms with Crippen LogP contribution in [0.15, 0.2) is 179 Å². The third kappa shape index (κ3) is 4.81. The van der Waals surface area contributed by atoms with Gasteiger partial charge in [0.05, 0.1) is 5.52 Å². The molecule has 6 nitrogen and oxygen atoms in total. The van der Waals surface area contributed by atoms with Crippen LogP contribution in [-0.2, 0) is 0 Å². The largest absolute Gasteiger partial charge is 0.453 e. The van der Waals surface area contributed by atoms with Crippen LogP contribution < -0.4 is 0 Å². The number of para-hydroxylation sites is 3. The Balaban J connectivity index is 1.16. The Morgan fingerprint density at radius 1 is 0.370 bits per heavy atom. The summed E-state index contributed by atoms with van der Waals surface area (Å²) >= 11 is 0. The fraction of sp³-hybridized carbons (Fsp3) is 0. The molecule has 0 fully saturated rings. The number of aromatic nitrogens is 4. The molecule has 0 bridgehead atoms. The Labute approximate surface area is 309 Å². The maximum Gasteiger partial charge on any atom is 0.161 e. The van der Waals surface area contributed by atoms with Gasteiger partial charge >= 0.3 is 0 Å². The van der Waals surface area contributed by atoms with Crippen molar-refractivity contribution in [2.24, 2.45) is 0 Å². The lowest BCUT2D eigenvalue weighted by atomic mass is 9.95. The van der Waals surface area contributed by atoms with Gasteiger partial charge in [0.15, 0.2) is 17.0 Å². The minimum atomic E-state index is 0.624. The average Bonchev–Trinajstić information content (AvgIpc) is 3.83. The van der Waals surface area contributed by atoms with Crippen molar-refractivity contribution in [1.82, 2.24) is 19.9 Å². The second-order valence-corrected chi connectivity index (χ2v) is 13.4. The molecule has 0 aliphatic carbocycles. The summed E-state index contributed by atoms with van der Waals surface area (Å²) in [5.41, 5.74) is 14.4. The number of nitrogens with zero attached hydrogens (tertiary/aromatic N) is 4. The van der Waals surface area contributed by atoms with E-state index in [1.165, 1.54) is 0 Å². The third-order valence-electron chi connectivity index (χ3n) is 10.2. The number of rotatable bonds is 5. The maximum absolute atomic E-state index is 6.82. The summed E-state index contributed by atoms with van der Waals surface area (Å²) in [6.07, 6.45) is 5.60. The second kappa shape index (κ2) is 12.1. The Kier molecular flexibility index (Phi) is 6.75. The van der Waals surface area contributed by atoms with E-state index in [2.05, 4.69) is 78.9 Å². The molecule has 0 atom stereocenters. The van der Waals surface area contributed by atoms with Crippen molar-refractivity contribution in [3.05, 3.63) is 170 Å². The van der Waals surface area contributed by atoms with E-state index in [1.807, 2.05) is 91.4 Å². The van der Waals surface area contributed by atoms with Gasteiger partial charge in [-0.1, -0.05) is 103 Å². The number of furan rings is 2. The summed E-state index contributed by atoms with van der Waals surface area (Å²) in [5, 5.41) is 2.92. The summed E-state index contributed by atoms with van der Waals surface area (Å²) in [6, 6.07) is 51.7. The van der Waals surface area contributed by atoms with Gasteiger partial charge in [0.2, 0.25) is 0 Å². The van der Waals surface area contributed by atoms with Crippen LogP contribution >= 0.6 is 0 Å². The first-order valence-electron chi connectivity index (χ1n) is 17.9. The molecule has 6 aromatic carbocycles. The van der Waals surface area contributed by atoms with Gasteiger partial charge in [-0.15, -0.1) is 0 Å². The zero-order valence-electron chi connectivity index (χ0n) is 28.8. The summed E-state index contributed by atoms with van der Waals surface area (Å²) in [7, 11) is 0. The first kappa shape index (κ1) is 30.2. The van der Waals surface area contributed by atoms with Gasteiger partial charge in [-0.05, 0) is 70.8 Å². The number of hydrogen-bond donors (Lipinski definition) is 0. The van der Waals surface area contributed by atoms with E-state index in [0.29, 0.717) is 5.82 Å². The van der Waals surface area contributed by atoms with E-state index in [9.17, 15) is 0 Å². The molecule has 0 aliphatic heterocycles. The molecule has 5 aromatic heterocycles. The molecular weight excluding hydrogens is 665 g/mol. The highest BCUT2D eigenvalue weighted by Crippen LogP contribution is 2.43. The fourth-order valence-electron chi connectivity index (χ4n) is 7.68. The SMILES string of the molecule is c1ccc(-c2cccc3c2oc2c(-c4cc(-c5ncc6ccccc6n5)cc(-c5ccnc6c5oc5c(-c7ccccc7)cccc56)c4)ccnc23)cc1. The van der Waals surface area contributed by atoms with E-state index in [-0.39, 0.29) is 0 Å². The third-order valence-corrected chi connectivity index (χ3v) is 10.2. The highest BCUT2D eigenvalue weighted by atomic mass is 16.3. The van der Waals surface area contributed by atoms with Gasteiger partial charge in [0.25, 0.3) is 0 Å². The molecule has 252 valence electrons. The van der Waals surface area contributed by atoms with Crippen LogP contribution in [-0.4, -0.2) is 19.9 Å². The minimum absolute atomic E-state index is 0.624. The molecule has 0 radical (unpaired) electrons. The van der Waals surface area contributed by atoms with Gasteiger partial charge in [-0.3, -0.25) is 9.97 Å². The molecule has 0 amide bonds. The second-order valence-electron chi connectivity index (χ2n) is 13.4. The van der Waals surface area contributed by atoms with E-state index in [0.717, 1.165) is 105 Å². The van der Waals surface area contributed by atoms with E-state index in [1.54, 1.807) is 0 Å². The Morgan fingerprint density at radius 3 is 1.44 bits per heavy atom. The highest BCUT2D eigenvalue weighted by Gasteiger charge is 2.21. The van der Waals surface area contributed by atoms with Crippen molar-refractivity contribution in [3.8, 4) is 55.9 Å². The maximum atomic E-state index is 6.82. The van der Waals surface area contributed by atoms with Crippen molar-refractivity contribution in [1.29, 1.82) is 0 Å². The van der Waals surface area contributed by atoms with Crippen LogP contribution in [0.1, 0.15) is 0 Å². The molecule has 11 aromatic rings. The molecule has 0 N–H and O–H groups in total. The van der Waals surface area contributed by atoms with Gasteiger partial charge in [0.1, 0.15) is 22.2 Å². The van der Waals surface area contributed by atoms with Crippen LogP contribution in [0.5, 0.6) is 0 Å². The molecule has 0 saturated heterocycles. The van der Waals surface area contributed by atoms with E-state index >= 15 is 0 Å². The van der Waals surface area contributed by atoms with Crippen molar-refractivity contribution < 1.29 is 8.83 Å². The standard InChI is InChI=1S/C48H28N4O2/c1-3-11-29(12-4-1)35-16-9-18-39-42-46(53-44(35)39)37(21-23-49-42)32-25-33(27-34(26-32)48-51-28-31-15-7-8-20-41(31)52-48)38-22-24-50-43-40-19-10-17-36(45(40)54-47(38)43)30-13-5-2-6-14-30/h1-28H. The van der Waals surface area contributed by atoms with Crippen molar-refractivity contribution in [2.45, 2.75) is 0 Å². The zero-order chi connectivity index (χ0) is 35.6. The predicted octanol–water partition coefficient (Wildman–Crippen LogP) is 12.6. The summed E-state index contributed by atoms with van der Waals surface area (Å²) in [6.45, 7) is 0. The normalized spacial score (nSPS) is 11.7. The molecular formula is C48H28N4O2. The molecule has 0 aliphatic rings. The number of hydrogen-bond acceptors (Lipinski definition) is 6. The fourth-order valence-corrected chi connectivity index (χ4v) is 7.68. The van der Waals surface area contributed by atoms with E-state index < -0.39 is 0 Å². The van der Waals surface area contributed by atoms with Crippen molar-refractivity contribution in [3.63, 3.8) is 0 Å². The lowest BCUT2D eigenvalue weighted by molar-refractivity contribution is 0.670. The molecule has 6 heteroatoms. The molecule has 0 spiro atoms.